The van der Waals surface area contributed by atoms with E-state index in [9.17, 15) is 14.4 Å². The number of ether oxygens (including phenoxy) is 2. The molecule has 0 aromatic heterocycles. The normalized spacial score (nSPS) is 36.9. The molecule has 1 aromatic rings. The number of fused-ring (bicyclic) bond motifs is 1. The predicted molar refractivity (Wildman–Crippen MR) is 156 cm³/mol. The quantitative estimate of drug-likeness (QED) is 0.483. The van der Waals surface area contributed by atoms with E-state index in [0.29, 0.717) is 23.3 Å². The Morgan fingerprint density at radius 2 is 1.66 bits per heavy atom. The van der Waals surface area contributed by atoms with Crippen LogP contribution in [0, 0.1) is 23.7 Å². The van der Waals surface area contributed by atoms with Crippen LogP contribution in [-0.4, -0.2) is 59.6 Å². The molecule has 0 unspecified atom stereocenters. The highest BCUT2D eigenvalue weighted by molar-refractivity contribution is 6.03. The van der Waals surface area contributed by atoms with Crippen molar-refractivity contribution in [2.75, 3.05) is 12.4 Å². The highest BCUT2D eigenvalue weighted by Crippen LogP contribution is 2.56. The molecule has 1 spiro atoms. The molecule has 2 saturated carbocycles. The zero-order valence-electron chi connectivity index (χ0n) is 24.6. The van der Waals surface area contributed by atoms with Crippen LogP contribution in [0.5, 0.6) is 5.75 Å². The van der Waals surface area contributed by atoms with E-state index < -0.39 is 29.6 Å². The fourth-order valence-corrected chi connectivity index (χ4v) is 8.26. The number of methoxy groups -OCH3 is 1. The molecule has 4 fully saturated rings. The van der Waals surface area contributed by atoms with E-state index in [1.165, 1.54) is 12.8 Å². The zero-order valence-corrected chi connectivity index (χ0v) is 24.6. The van der Waals surface area contributed by atoms with E-state index in [1.54, 1.807) is 31.4 Å². The van der Waals surface area contributed by atoms with Gasteiger partial charge >= 0.3 is 0 Å². The summed E-state index contributed by atoms with van der Waals surface area (Å²) in [5.41, 5.74) is -0.492. The van der Waals surface area contributed by atoms with Gasteiger partial charge in [0, 0.05) is 17.8 Å². The Labute approximate surface area is 243 Å². The van der Waals surface area contributed by atoms with Crippen LogP contribution in [0.25, 0.3) is 0 Å². The van der Waals surface area contributed by atoms with Crippen LogP contribution >= 0.6 is 0 Å². The van der Waals surface area contributed by atoms with Gasteiger partial charge in [-0.25, -0.2) is 0 Å². The predicted octanol–water partition coefficient (Wildman–Crippen LogP) is 4.84. The lowest BCUT2D eigenvalue weighted by atomic mass is 9.73. The Morgan fingerprint density at radius 1 is 0.951 bits per heavy atom. The van der Waals surface area contributed by atoms with E-state index >= 15 is 0 Å². The molecular weight excluding hydrogens is 518 g/mol. The van der Waals surface area contributed by atoms with Crippen molar-refractivity contribution in [2.45, 2.75) is 108 Å². The van der Waals surface area contributed by atoms with Gasteiger partial charge in [0.1, 0.15) is 17.4 Å². The molecule has 2 bridgehead atoms. The third kappa shape index (κ3) is 4.96. The van der Waals surface area contributed by atoms with Crippen LogP contribution in [0.2, 0.25) is 0 Å². The van der Waals surface area contributed by atoms with Crippen molar-refractivity contribution >= 4 is 23.4 Å². The first-order valence-corrected chi connectivity index (χ1v) is 15.8. The summed E-state index contributed by atoms with van der Waals surface area (Å²) in [6.07, 6.45) is 13.9. The van der Waals surface area contributed by atoms with Gasteiger partial charge in [-0.1, -0.05) is 70.9 Å². The Bertz CT molecular complexity index is 1180. The SMILES string of the molecule is COc1ccc(NC(=O)[C@H]2[C@H]3C=C[C@@]4(O3)[C@H]2C(=O)N(C2CCCCCCC2)[C@@H]4C(=O)N[C@@H]2CCC[C@@H](C)[C@H]2C)cc1. The number of rotatable bonds is 6. The molecule has 2 saturated heterocycles. The van der Waals surface area contributed by atoms with Crippen LogP contribution in [0.15, 0.2) is 36.4 Å². The van der Waals surface area contributed by atoms with Crippen LogP contribution in [0.4, 0.5) is 5.69 Å². The monoisotopic (exact) mass is 563 g/mol. The summed E-state index contributed by atoms with van der Waals surface area (Å²) in [6, 6.07) is 6.44. The maximum Gasteiger partial charge on any atom is 0.246 e. The fourth-order valence-electron chi connectivity index (χ4n) is 8.26. The maximum atomic E-state index is 14.5. The topological polar surface area (TPSA) is 97.0 Å². The van der Waals surface area contributed by atoms with Crippen molar-refractivity contribution in [3.8, 4) is 5.75 Å². The molecule has 3 amide bonds. The van der Waals surface area contributed by atoms with E-state index in [-0.39, 0.29) is 29.8 Å². The lowest BCUT2D eigenvalue weighted by Gasteiger charge is -2.40. The first-order chi connectivity index (χ1) is 19.8. The summed E-state index contributed by atoms with van der Waals surface area (Å²) >= 11 is 0. The number of likely N-dealkylation sites (tertiary alicyclic amines) is 1. The third-order valence-electron chi connectivity index (χ3n) is 10.7. The van der Waals surface area contributed by atoms with Crippen molar-refractivity contribution in [3.63, 3.8) is 0 Å². The average Bonchev–Trinajstić information content (AvgIpc) is 3.59. The second kappa shape index (κ2) is 11.4. The van der Waals surface area contributed by atoms with E-state index in [2.05, 4.69) is 24.5 Å². The van der Waals surface area contributed by atoms with Crippen LogP contribution in [0.1, 0.15) is 78.1 Å². The van der Waals surface area contributed by atoms with Crippen molar-refractivity contribution in [1.82, 2.24) is 10.2 Å². The molecule has 3 heterocycles. The molecule has 2 N–H and O–H groups in total. The van der Waals surface area contributed by atoms with Gasteiger partial charge in [-0.15, -0.1) is 0 Å². The van der Waals surface area contributed by atoms with Gasteiger partial charge in [0.25, 0.3) is 0 Å². The molecule has 222 valence electrons. The molecule has 0 radical (unpaired) electrons. The van der Waals surface area contributed by atoms with Gasteiger partial charge in [-0.2, -0.15) is 0 Å². The molecule has 5 aliphatic rings. The number of nitrogens with zero attached hydrogens (tertiary/aromatic N) is 1. The van der Waals surface area contributed by atoms with Gasteiger partial charge in [0.2, 0.25) is 17.7 Å². The van der Waals surface area contributed by atoms with Gasteiger partial charge in [0.05, 0.1) is 25.0 Å². The summed E-state index contributed by atoms with van der Waals surface area (Å²) in [5.74, 6) is -0.305. The second-order valence-electron chi connectivity index (χ2n) is 13.0. The third-order valence-corrected chi connectivity index (χ3v) is 10.7. The number of hydrogen-bond acceptors (Lipinski definition) is 5. The number of carbonyl (C=O) groups excluding carboxylic acids is 3. The number of benzene rings is 1. The molecule has 2 aliphatic carbocycles. The Kier molecular flexibility index (Phi) is 7.88. The molecule has 8 heteroatoms. The van der Waals surface area contributed by atoms with Crippen molar-refractivity contribution in [1.29, 1.82) is 0 Å². The molecule has 8 nitrogen and oxygen atoms in total. The molecular formula is C33H45N3O5. The minimum absolute atomic E-state index is 0.0254. The fraction of sp³-hybridized carbons (Fsp3) is 0.667. The number of anilines is 1. The molecule has 8 atom stereocenters. The standard InChI is InChI=1S/C33H45N3O5/c1-20-10-9-13-25(21(20)2)35-31(38)29-33-19-18-26(41-33)27(30(37)34-22-14-16-24(40-3)17-15-22)28(33)32(39)36(29)23-11-7-5-4-6-8-12-23/h14-21,23,25-29H,4-13H2,1-3H3,(H,34,37)(H,35,38)/t20-,21-,25-,26-,27+,28-,29-,33-/m1/s1. The van der Waals surface area contributed by atoms with E-state index in [4.69, 9.17) is 9.47 Å². The minimum Gasteiger partial charge on any atom is -0.497 e. The van der Waals surface area contributed by atoms with Crippen molar-refractivity contribution in [2.24, 2.45) is 23.7 Å². The molecule has 6 rings (SSSR count). The van der Waals surface area contributed by atoms with Crippen molar-refractivity contribution in [3.05, 3.63) is 36.4 Å². The number of amides is 3. The van der Waals surface area contributed by atoms with Gasteiger partial charge in [0.15, 0.2) is 0 Å². The molecule has 3 aliphatic heterocycles. The highest BCUT2D eigenvalue weighted by Gasteiger charge is 2.73. The summed E-state index contributed by atoms with van der Waals surface area (Å²) in [4.78, 5) is 44.5. The van der Waals surface area contributed by atoms with Crippen molar-refractivity contribution < 1.29 is 23.9 Å². The highest BCUT2D eigenvalue weighted by atomic mass is 16.5. The van der Waals surface area contributed by atoms with Gasteiger partial charge in [-0.3, -0.25) is 14.4 Å². The molecule has 1 aromatic carbocycles. The zero-order chi connectivity index (χ0) is 28.7. The maximum absolute atomic E-state index is 14.5. The first-order valence-electron chi connectivity index (χ1n) is 15.8. The molecule has 41 heavy (non-hydrogen) atoms. The van der Waals surface area contributed by atoms with Gasteiger partial charge in [-0.05, 0) is 55.4 Å². The second-order valence-corrected chi connectivity index (χ2v) is 13.0. The minimum atomic E-state index is -1.13. The van der Waals surface area contributed by atoms with Crippen LogP contribution in [-0.2, 0) is 19.1 Å². The smallest absolute Gasteiger partial charge is 0.246 e. The number of nitrogens with one attached hydrogen (secondary N) is 2. The average molecular weight is 564 g/mol. The summed E-state index contributed by atoms with van der Waals surface area (Å²) in [5, 5.41) is 6.39. The summed E-state index contributed by atoms with van der Waals surface area (Å²) in [6.45, 7) is 4.48. The Balaban J connectivity index is 1.31. The Morgan fingerprint density at radius 3 is 2.37 bits per heavy atom. The lowest BCUT2D eigenvalue weighted by Crippen LogP contribution is -2.59. The Hall–Kier alpha value is -2.87. The van der Waals surface area contributed by atoms with Crippen LogP contribution < -0.4 is 15.4 Å². The van der Waals surface area contributed by atoms with E-state index in [1.807, 2.05) is 17.1 Å². The first kappa shape index (κ1) is 28.3. The summed E-state index contributed by atoms with van der Waals surface area (Å²) < 4.78 is 11.8. The van der Waals surface area contributed by atoms with Gasteiger partial charge < -0.3 is 25.0 Å². The largest absolute Gasteiger partial charge is 0.497 e. The van der Waals surface area contributed by atoms with Crippen LogP contribution in [0.3, 0.4) is 0 Å². The lowest BCUT2D eigenvalue weighted by molar-refractivity contribution is -0.144. The van der Waals surface area contributed by atoms with E-state index in [0.717, 1.165) is 51.4 Å². The number of hydrogen-bond donors (Lipinski definition) is 2. The summed E-state index contributed by atoms with van der Waals surface area (Å²) in [7, 11) is 1.60. The number of carbonyl (C=O) groups is 3.